The number of fused-ring (bicyclic) bond motifs is 3. The van der Waals surface area contributed by atoms with E-state index in [9.17, 15) is 4.79 Å². The lowest BCUT2D eigenvalue weighted by atomic mass is 10.1. The fourth-order valence-corrected chi connectivity index (χ4v) is 6.57. The molecule has 1 N–H and O–H groups in total. The van der Waals surface area contributed by atoms with Gasteiger partial charge in [0.15, 0.2) is 5.16 Å². The van der Waals surface area contributed by atoms with Gasteiger partial charge in [0.2, 0.25) is 0 Å². The molecule has 158 valence electrons. The Bertz CT molecular complexity index is 1330. The number of thiophene rings is 1. The van der Waals surface area contributed by atoms with E-state index in [1.165, 1.54) is 27.1 Å². The maximum absolute atomic E-state index is 13.7. The van der Waals surface area contributed by atoms with E-state index in [0.717, 1.165) is 41.0 Å². The number of halogens is 2. The number of hydrogen-bond acceptors (Lipinski definition) is 4. The molecule has 0 spiro atoms. The van der Waals surface area contributed by atoms with E-state index in [2.05, 4.69) is 7.05 Å². The normalized spacial score (nSPS) is 15.9. The van der Waals surface area contributed by atoms with Crippen molar-refractivity contribution in [1.29, 1.82) is 0 Å². The van der Waals surface area contributed by atoms with Crippen molar-refractivity contribution in [2.75, 3.05) is 13.6 Å². The van der Waals surface area contributed by atoms with Crippen LogP contribution in [0.1, 0.15) is 16.0 Å². The number of para-hydroxylation sites is 1. The molecule has 0 fully saturated rings. The third-order valence-electron chi connectivity index (χ3n) is 5.51. The smallest absolute Gasteiger partial charge is 0.267 e. The number of aromatic nitrogens is 2. The van der Waals surface area contributed by atoms with E-state index >= 15 is 0 Å². The summed E-state index contributed by atoms with van der Waals surface area (Å²) < 4.78 is 1.75. The van der Waals surface area contributed by atoms with Crippen LogP contribution in [0.3, 0.4) is 0 Å². The Morgan fingerprint density at radius 1 is 1.16 bits per heavy atom. The number of benzene rings is 2. The van der Waals surface area contributed by atoms with Crippen molar-refractivity contribution >= 4 is 56.5 Å². The minimum Gasteiger partial charge on any atom is -0.333 e. The fourth-order valence-electron chi connectivity index (χ4n) is 3.92. The SMILES string of the molecule is C[NH+]1CCc2c(sc3nc(SCc4ccc(Cl)c(Cl)c4)n(-c4ccccc4)c(=O)c23)C1. The van der Waals surface area contributed by atoms with Crippen LogP contribution >= 0.6 is 46.3 Å². The molecule has 1 aliphatic rings. The molecule has 4 aromatic rings. The van der Waals surface area contributed by atoms with Crippen molar-refractivity contribution in [2.24, 2.45) is 0 Å². The molecule has 0 saturated heterocycles. The summed E-state index contributed by atoms with van der Waals surface area (Å²) in [6.07, 6.45) is 0.919. The Morgan fingerprint density at radius 3 is 2.74 bits per heavy atom. The van der Waals surface area contributed by atoms with E-state index < -0.39 is 0 Å². The highest BCUT2D eigenvalue weighted by Gasteiger charge is 2.26. The van der Waals surface area contributed by atoms with Gasteiger partial charge in [0.1, 0.15) is 11.4 Å². The summed E-state index contributed by atoms with van der Waals surface area (Å²) in [7, 11) is 2.20. The van der Waals surface area contributed by atoms with Crippen LogP contribution in [0.4, 0.5) is 0 Å². The monoisotopic (exact) mass is 488 g/mol. The number of rotatable bonds is 4. The minimum absolute atomic E-state index is 0.0184. The Morgan fingerprint density at radius 2 is 1.97 bits per heavy atom. The second kappa shape index (κ2) is 8.60. The Balaban J connectivity index is 1.63. The number of nitrogens with zero attached hydrogens (tertiary/aromatic N) is 2. The molecular formula is C23H20Cl2N3OS2+. The summed E-state index contributed by atoms with van der Waals surface area (Å²) in [6.45, 7) is 1.99. The molecule has 1 aliphatic heterocycles. The molecule has 5 rings (SSSR count). The van der Waals surface area contributed by atoms with Crippen LogP contribution in [-0.2, 0) is 18.7 Å². The van der Waals surface area contributed by atoms with E-state index in [1.54, 1.807) is 22.0 Å². The quantitative estimate of drug-likeness (QED) is 0.336. The number of quaternary nitrogens is 1. The van der Waals surface area contributed by atoms with Gasteiger partial charge in [-0.1, -0.05) is 59.2 Å². The van der Waals surface area contributed by atoms with Gasteiger partial charge in [-0.3, -0.25) is 9.36 Å². The summed E-state index contributed by atoms with van der Waals surface area (Å²) in [4.78, 5) is 22.3. The maximum atomic E-state index is 13.7. The first kappa shape index (κ1) is 21.0. The standard InChI is InChI=1S/C23H19Cl2N3OS2/c1-27-10-9-16-19(12-27)31-21-20(16)22(29)28(15-5-3-2-4-6-15)23(26-21)30-13-14-7-8-17(24)18(25)11-14/h2-8,11H,9-10,12-13H2,1H3/p+1. The van der Waals surface area contributed by atoms with Crippen LogP contribution in [-0.4, -0.2) is 23.1 Å². The van der Waals surface area contributed by atoms with Gasteiger partial charge in [-0.2, -0.15) is 0 Å². The van der Waals surface area contributed by atoms with Crippen LogP contribution in [0.2, 0.25) is 10.0 Å². The van der Waals surface area contributed by atoms with Gasteiger partial charge in [-0.15, -0.1) is 11.3 Å². The van der Waals surface area contributed by atoms with Crippen LogP contribution in [0, 0.1) is 0 Å². The number of hydrogen-bond donors (Lipinski definition) is 1. The largest absolute Gasteiger partial charge is 0.333 e. The van der Waals surface area contributed by atoms with E-state index in [1.807, 2.05) is 42.5 Å². The van der Waals surface area contributed by atoms with Crippen LogP contribution in [0.5, 0.6) is 0 Å². The molecule has 31 heavy (non-hydrogen) atoms. The summed E-state index contributed by atoms with van der Waals surface area (Å²) in [5.74, 6) is 0.639. The molecule has 0 saturated carbocycles. The van der Waals surface area contributed by atoms with Gasteiger partial charge in [-0.25, -0.2) is 4.98 Å². The highest BCUT2D eigenvalue weighted by molar-refractivity contribution is 7.98. The number of likely N-dealkylation sites (N-methyl/N-ethyl adjacent to an activating group) is 1. The average molecular weight is 489 g/mol. The Kier molecular flexibility index (Phi) is 5.84. The molecule has 2 aromatic heterocycles. The van der Waals surface area contributed by atoms with Gasteiger partial charge in [-0.05, 0) is 35.4 Å². The van der Waals surface area contributed by atoms with Crippen LogP contribution in [0.25, 0.3) is 15.9 Å². The second-order valence-corrected chi connectivity index (χ2v) is 10.6. The number of nitrogens with one attached hydrogen (secondary N) is 1. The first-order valence-corrected chi connectivity index (χ1v) is 12.6. The molecule has 4 nitrogen and oxygen atoms in total. The third-order valence-corrected chi connectivity index (χ3v) is 8.38. The zero-order valence-corrected chi connectivity index (χ0v) is 20.0. The van der Waals surface area contributed by atoms with Crippen molar-refractivity contribution in [1.82, 2.24) is 9.55 Å². The lowest BCUT2D eigenvalue weighted by Gasteiger charge is -2.19. The Labute approximate surface area is 198 Å². The van der Waals surface area contributed by atoms with Crippen molar-refractivity contribution in [3.63, 3.8) is 0 Å². The fraction of sp³-hybridized carbons (Fsp3) is 0.217. The van der Waals surface area contributed by atoms with Gasteiger partial charge in [0, 0.05) is 12.2 Å². The minimum atomic E-state index is 0.0184. The van der Waals surface area contributed by atoms with Gasteiger partial charge in [0.25, 0.3) is 5.56 Å². The molecule has 0 radical (unpaired) electrons. The van der Waals surface area contributed by atoms with Crippen LogP contribution < -0.4 is 10.5 Å². The second-order valence-electron chi connectivity index (χ2n) is 7.73. The number of thioether (sulfide) groups is 1. The molecule has 2 aromatic carbocycles. The molecule has 3 heterocycles. The maximum Gasteiger partial charge on any atom is 0.267 e. The molecule has 0 bridgehead atoms. The van der Waals surface area contributed by atoms with E-state index in [0.29, 0.717) is 21.0 Å². The van der Waals surface area contributed by atoms with E-state index in [-0.39, 0.29) is 5.56 Å². The van der Waals surface area contributed by atoms with Gasteiger partial charge < -0.3 is 4.90 Å². The predicted molar refractivity (Wildman–Crippen MR) is 130 cm³/mol. The predicted octanol–water partition coefficient (Wildman–Crippen LogP) is 4.62. The van der Waals surface area contributed by atoms with Crippen molar-refractivity contribution in [3.05, 3.63) is 84.9 Å². The Hall–Kier alpha value is -1.83. The average Bonchev–Trinajstić information content (AvgIpc) is 3.12. The summed E-state index contributed by atoms with van der Waals surface area (Å²) in [5.41, 5.74) is 3.07. The lowest BCUT2D eigenvalue weighted by molar-refractivity contribution is -0.895. The van der Waals surface area contributed by atoms with Gasteiger partial charge in [0.05, 0.1) is 39.6 Å². The lowest BCUT2D eigenvalue weighted by Crippen LogP contribution is -3.08. The van der Waals surface area contributed by atoms with E-state index in [4.69, 9.17) is 28.2 Å². The van der Waals surface area contributed by atoms with Crippen molar-refractivity contribution in [2.45, 2.75) is 23.9 Å². The van der Waals surface area contributed by atoms with Crippen molar-refractivity contribution < 1.29 is 4.90 Å². The molecule has 0 aliphatic carbocycles. The highest BCUT2D eigenvalue weighted by Crippen LogP contribution is 2.33. The molecular weight excluding hydrogens is 469 g/mol. The van der Waals surface area contributed by atoms with Gasteiger partial charge >= 0.3 is 0 Å². The highest BCUT2D eigenvalue weighted by atomic mass is 35.5. The third kappa shape index (κ3) is 4.03. The topological polar surface area (TPSA) is 39.3 Å². The first-order chi connectivity index (χ1) is 15.0. The zero-order valence-electron chi connectivity index (χ0n) is 16.8. The molecule has 8 heteroatoms. The van der Waals surface area contributed by atoms with Crippen molar-refractivity contribution in [3.8, 4) is 5.69 Å². The first-order valence-electron chi connectivity index (χ1n) is 10.0. The summed E-state index contributed by atoms with van der Waals surface area (Å²) in [5, 5.41) is 2.54. The summed E-state index contributed by atoms with van der Waals surface area (Å²) >= 11 is 15.4. The van der Waals surface area contributed by atoms with Crippen LogP contribution in [0.15, 0.2) is 58.5 Å². The zero-order chi connectivity index (χ0) is 21.5. The molecule has 1 atom stereocenters. The molecule has 1 unspecified atom stereocenters. The summed E-state index contributed by atoms with van der Waals surface area (Å²) in [6, 6.07) is 15.4. The molecule has 0 amide bonds.